The molecule has 0 spiro atoms. The Bertz CT molecular complexity index is 1080. The number of likely N-dealkylation sites (N-methyl/N-ethyl adjacent to an activating group) is 1. The Balaban J connectivity index is 1.54. The van der Waals surface area contributed by atoms with Crippen molar-refractivity contribution < 1.29 is 9.59 Å². The molecule has 0 fully saturated rings. The number of hydrogen-bond acceptors (Lipinski definition) is 5. The molecule has 0 unspecified atom stereocenters. The number of H-pyrrole nitrogens is 1. The van der Waals surface area contributed by atoms with E-state index in [4.69, 9.17) is 0 Å². The average Bonchev–Trinajstić information content (AvgIpc) is 3.15. The fraction of sp³-hybridized carbons (Fsp3) is 0.250. The Labute approximate surface area is 167 Å². The monoisotopic (exact) mass is 394 g/mol. The van der Waals surface area contributed by atoms with Crippen molar-refractivity contribution in [1.29, 1.82) is 0 Å². The van der Waals surface area contributed by atoms with Crippen LogP contribution in [0.15, 0.2) is 47.7 Å². The minimum absolute atomic E-state index is 0.153. The molecule has 2 N–H and O–H groups in total. The van der Waals surface area contributed by atoms with E-state index in [-0.39, 0.29) is 23.9 Å². The Kier molecular flexibility index (Phi) is 5.87. The molecule has 29 heavy (non-hydrogen) atoms. The predicted octanol–water partition coefficient (Wildman–Crippen LogP) is 0.981. The summed E-state index contributed by atoms with van der Waals surface area (Å²) in [6.07, 6.45) is 2.99. The third kappa shape index (κ3) is 4.75. The van der Waals surface area contributed by atoms with Crippen LogP contribution < -0.4 is 10.9 Å². The van der Waals surface area contributed by atoms with Gasteiger partial charge < -0.3 is 15.2 Å². The summed E-state index contributed by atoms with van der Waals surface area (Å²) >= 11 is 0. The quantitative estimate of drug-likeness (QED) is 0.647. The van der Waals surface area contributed by atoms with Gasteiger partial charge in [0.05, 0.1) is 5.56 Å². The van der Waals surface area contributed by atoms with Crippen molar-refractivity contribution in [3.63, 3.8) is 0 Å². The Morgan fingerprint density at radius 3 is 2.55 bits per heavy atom. The normalized spacial score (nSPS) is 10.6. The van der Waals surface area contributed by atoms with Crippen LogP contribution in [0.5, 0.6) is 0 Å². The standard InChI is InChI=1S/C20H22N6O3/c1-13-10-16(11-22-18(13)27)19(28)21-8-9-25(2)20(29)15-6-4-14(5-7-15)17-23-12-26(3)24-17/h4-7,10-12H,8-9H2,1-3H3,(H,21,28)(H,22,27). The lowest BCUT2D eigenvalue weighted by Crippen LogP contribution is -2.36. The van der Waals surface area contributed by atoms with Crippen LogP contribution in [0.25, 0.3) is 11.4 Å². The van der Waals surface area contributed by atoms with Gasteiger partial charge in [0.25, 0.3) is 17.4 Å². The second-order valence-corrected chi connectivity index (χ2v) is 6.70. The fourth-order valence-corrected chi connectivity index (χ4v) is 2.72. The SMILES string of the molecule is Cc1cc(C(=O)NCCN(C)C(=O)c2ccc(-c3ncn(C)n3)cc2)c[nH]c1=O. The van der Waals surface area contributed by atoms with E-state index in [0.717, 1.165) is 5.56 Å². The zero-order chi connectivity index (χ0) is 21.0. The van der Waals surface area contributed by atoms with Gasteiger partial charge in [0.2, 0.25) is 0 Å². The van der Waals surface area contributed by atoms with E-state index in [1.807, 2.05) is 0 Å². The first-order valence-corrected chi connectivity index (χ1v) is 9.04. The number of pyridine rings is 1. The number of carbonyl (C=O) groups is 2. The molecule has 0 aliphatic carbocycles. The van der Waals surface area contributed by atoms with Gasteiger partial charge in [0.15, 0.2) is 5.82 Å². The summed E-state index contributed by atoms with van der Waals surface area (Å²) in [5.41, 5.74) is 1.98. The molecule has 2 aromatic heterocycles. The third-order valence-electron chi connectivity index (χ3n) is 4.42. The highest BCUT2D eigenvalue weighted by atomic mass is 16.2. The number of aromatic nitrogens is 4. The van der Waals surface area contributed by atoms with Gasteiger partial charge in [-0.2, -0.15) is 5.10 Å². The number of aryl methyl sites for hydroxylation is 2. The van der Waals surface area contributed by atoms with Gasteiger partial charge in [-0.15, -0.1) is 0 Å². The molecule has 9 heteroatoms. The maximum absolute atomic E-state index is 12.6. The van der Waals surface area contributed by atoms with Crippen LogP contribution in [0.4, 0.5) is 0 Å². The highest BCUT2D eigenvalue weighted by Gasteiger charge is 2.13. The maximum Gasteiger partial charge on any atom is 0.253 e. The minimum Gasteiger partial charge on any atom is -0.350 e. The number of hydrogen-bond donors (Lipinski definition) is 2. The van der Waals surface area contributed by atoms with E-state index in [1.54, 1.807) is 56.3 Å². The maximum atomic E-state index is 12.6. The lowest BCUT2D eigenvalue weighted by atomic mass is 10.1. The van der Waals surface area contributed by atoms with Crippen molar-refractivity contribution in [3.8, 4) is 11.4 Å². The lowest BCUT2D eigenvalue weighted by molar-refractivity contribution is 0.0787. The van der Waals surface area contributed by atoms with E-state index < -0.39 is 0 Å². The second kappa shape index (κ2) is 8.51. The number of carbonyl (C=O) groups excluding carboxylic acids is 2. The van der Waals surface area contributed by atoms with E-state index in [1.165, 1.54) is 17.2 Å². The summed E-state index contributed by atoms with van der Waals surface area (Å²) in [6, 6.07) is 8.59. The number of nitrogens with one attached hydrogen (secondary N) is 2. The first kappa shape index (κ1) is 20.0. The summed E-state index contributed by atoms with van der Waals surface area (Å²) in [5, 5.41) is 6.98. The Hall–Kier alpha value is -3.75. The van der Waals surface area contributed by atoms with E-state index in [2.05, 4.69) is 20.4 Å². The lowest BCUT2D eigenvalue weighted by Gasteiger charge is -2.17. The molecule has 3 aromatic rings. The number of rotatable bonds is 6. The predicted molar refractivity (Wildman–Crippen MR) is 108 cm³/mol. The number of aromatic amines is 1. The zero-order valence-corrected chi connectivity index (χ0v) is 16.5. The molecule has 2 amide bonds. The van der Waals surface area contributed by atoms with Crippen molar-refractivity contribution >= 4 is 11.8 Å². The van der Waals surface area contributed by atoms with Crippen LogP contribution in [0.1, 0.15) is 26.3 Å². The fourth-order valence-electron chi connectivity index (χ4n) is 2.72. The molecule has 9 nitrogen and oxygen atoms in total. The number of amides is 2. The molecular formula is C20H22N6O3. The van der Waals surface area contributed by atoms with E-state index >= 15 is 0 Å². The van der Waals surface area contributed by atoms with Crippen LogP contribution >= 0.6 is 0 Å². The molecule has 0 aliphatic rings. The largest absolute Gasteiger partial charge is 0.350 e. The van der Waals surface area contributed by atoms with E-state index in [0.29, 0.717) is 29.1 Å². The molecule has 0 radical (unpaired) electrons. The third-order valence-corrected chi connectivity index (χ3v) is 4.42. The van der Waals surface area contributed by atoms with Crippen molar-refractivity contribution in [1.82, 2.24) is 30.0 Å². The molecule has 150 valence electrons. The van der Waals surface area contributed by atoms with Crippen molar-refractivity contribution in [2.24, 2.45) is 7.05 Å². The molecule has 3 rings (SSSR count). The molecule has 2 heterocycles. The molecule has 0 saturated carbocycles. The van der Waals surface area contributed by atoms with Crippen LogP contribution in [-0.2, 0) is 7.05 Å². The summed E-state index contributed by atoms with van der Waals surface area (Å²) in [7, 11) is 3.47. The molecule has 0 saturated heterocycles. The van der Waals surface area contributed by atoms with Gasteiger partial charge in [-0.25, -0.2) is 4.98 Å². The minimum atomic E-state index is -0.308. The number of benzene rings is 1. The van der Waals surface area contributed by atoms with Crippen LogP contribution in [0, 0.1) is 6.92 Å². The van der Waals surface area contributed by atoms with Gasteiger partial charge in [-0.1, -0.05) is 12.1 Å². The van der Waals surface area contributed by atoms with Gasteiger partial charge in [0, 0.05) is 50.1 Å². The van der Waals surface area contributed by atoms with Crippen LogP contribution in [0.3, 0.4) is 0 Å². The van der Waals surface area contributed by atoms with Crippen LogP contribution in [-0.4, -0.2) is 56.6 Å². The van der Waals surface area contributed by atoms with Crippen molar-refractivity contribution in [2.45, 2.75) is 6.92 Å². The smallest absolute Gasteiger partial charge is 0.253 e. The first-order chi connectivity index (χ1) is 13.8. The summed E-state index contributed by atoms with van der Waals surface area (Å²) in [6.45, 7) is 2.27. The Morgan fingerprint density at radius 2 is 1.93 bits per heavy atom. The summed E-state index contributed by atoms with van der Waals surface area (Å²) in [5.74, 6) is 0.136. The first-order valence-electron chi connectivity index (χ1n) is 9.04. The van der Waals surface area contributed by atoms with Gasteiger partial charge in [0.1, 0.15) is 6.33 Å². The Morgan fingerprint density at radius 1 is 1.21 bits per heavy atom. The van der Waals surface area contributed by atoms with Crippen molar-refractivity contribution in [3.05, 3.63) is 69.9 Å². The zero-order valence-electron chi connectivity index (χ0n) is 16.5. The summed E-state index contributed by atoms with van der Waals surface area (Å²) < 4.78 is 1.62. The van der Waals surface area contributed by atoms with Gasteiger partial charge in [-0.05, 0) is 25.1 Å². The molecule has 0 aliphatic heterocycles. The molecule has 1 aromatic carbocycles. The average molecular weight is 394 g/mol. The molecular weight excluding hydrogens is 372 g/mol. The van der Waals surface area contributed by atoms with E-state index in [9.17, 15) is 14.4 Å². The number of nitrogens with zero attached hydrogens (tertiary/aromatic N) is 4. The van der Waals surface area contributed by atoms with Crippen molar-refractivity contribution in [2.75, 3.05) is 20.1 Å². The second-order valence-electron chi connectivity index (χ2n) is 6.70. The molecule has 0 atom stereocenters. The van der Waals surface area contributed by atoms with Crippen LogP contribution in [0.2, 0.25) is 0 Å². The van der Waals surface area contributed by atoms with Gasteiger partial charge in [-0.3, -0.25) is 19.1 Å². The highest BCUT2D eigenvalue weighted by Crippen LogP contribution is 2.15. The summed E-state index contributed by atoms with van der Waals surface area (Å²) in [4.78, 5) is 44.3. The molecule has 0 bridgehead atoms. The highest BCUT2D eigenvalue weighted by molar-refractivity contribution is 5.95. The topological polar surface area (TPSA) is 113 Å². The van der Waals surface area contributed by atoms with Gasteiger partial charge >= 0.3 is 0 Å².